The smallest absolute Gasteiger partial charge is 0.111 e. The van der Waals surface area contributed by atoms with Crippen molar-refractivity contribution in [3.05, 3.63) is 30.1 Å². The molecule has 1 aliphatic rings. The highest BCUT2D eigenvalue weighted by atomic mass is 32.2. The van der Waals surface area contributed by atoms with Crippen LogP contribution >= 0.6 is 11.8 Å². The van der Waals surface area contributed by atoms with Gasteiger partial charge >= 0.3 is 0 Å². The van der Waals surface area contributed by atoms with Crippen molar-refractivity contribution >= 4 is 22.8 Å². The number of nitrogens with one attached hydrogen (secondary N) is 1. The number of benzene rings is 1. The molecule has 5 heteroatoms. The van der Waals surface area contributed by atoms with E-state index in [9.17, 15) is 0 Å². The number of hydrazine groups is 1. The SMILES string of the molecule is Cn1c(CC(NN)C2CCCS2)nc2ccccc21. The van der Waals surface area contributed by atoms with Gasteiger partial charge in [0.1, 0.15) is 5.82 Å². The lowest BCUT2D eigenvalue weighted by Gasteiger charge is -2.21. The molecule has 0 bridgehead atoms. The number of hydrogen-bond donors (Lipinski definition) is 2. The Morgan fingerprint density at radius 2 is 2.37 bits per heavy atom. The Morgan fingerprint density at radius 1 is 1.53 bits per heavy atom. The number of fused-ring (bicyclic) bond motifs is 1. The maximum atomic E-state index is 5.74. The molecule has 2 heterocycles. The van der Waals surface area contributed by atoms with Crippen LogP contribution in [0.3, 0.4) is 0 Å². The van der Waals surface area contributed by atoms with Gasteiger partial charge in [0.2, 0.25) is 0 Å². The maximum Gasteiger partial charge on any atom is 0.111 e. The zero-order chi connectivity index (χ0) is 13.2. The molecule has 0 spiro atoms. The number of hydrogen-bond acceptors (Lipinski definition) is 4. The van der Waals surface area contributed by atoms with Crippen LogP contribution in [0.5, 0.6) is 0 Å². The quantitative estimate of drug-likeness (QED) is 0.661. The van der Waals surface area contributed by atoms with E-state index in [1.165, 1.54) is 24.1 Å². The molecule has 1 aromatic carbocycles. The summed E-state index contributed by atoms with van der Waals surface area (Å²) in [6.45, 7) is 0. The number of thioether (sulfide) groups is 1. The van der Waals surface area contributed by atoms with E-state index >= 15 is 0 Å². The third kappa shape index (κ3) is 2.50. The number of nitrogens with zero attached hydrogens (tertiary/aromatic N) is 2. The van der Waals surface area contributed by atoms with Gasteiger partial charge in [-0.2, -0.15) is 11.8 Å². The van der Waals surface area contributed by atoms with Crippen LogP contribution in [0, 0.1) is 0 Å². The lowest BCUT2D eigenvalue weighted by Crippen LogP contribution is -2.43. The minimum Gasteiger partial charge on any atom is -0.331 e. The molecule has 1 aliphatic heterocycles. The van der Waals surface area contributed by atoms with Gasteiger partial charge in [-0.25, -0.2) is 4.98 Å². The van der Waals surface area contributed by atoms with E-state index in [0.29, 0.717) is 11.3 Å². The molecule has 19 heavy (non-hydrogen) atoms. The Bertz CT molecular complexity index is 560. The van der Waals surface area contributed by atoms with Crippen LogP contribution in [-0.4, -0.2) is 26.6 Å². The van der Waals surface area contributed by atoms with E-state index < -0.39 is 0 Å². The van der Waals surface area contributed by atoms with Crippen molar-refractivity contribution in [3.63, 3.8) is 0 Å². The summed E-state index contributed by atoms with van der Waals surface area (Å²) in [5, 5.41) is 0.616. The number of aryl methyl sites for hydroxylation is 1. The topological polar surface area (TPSA) is 55.9 Å². The minimum absolute atomic E-state index is 0.308. The van der Waals surface area contributed by atoms with Crippen LogP contribution in [0.4, 0.5) is 0 Å². The largest absolute Gasteiger partial charge is 0.331 e. The van der Waals surface area contributed by atoms with Gasteiger partial charge in [-0.15, -0.1) is 0 Å². The maximum absolute atomic E-state index is 5.74. The predicted octanol–water partition coefficient (Wildman–Crippen LogP) is 1.84. The summed E-state index contributed by atoms with van der Waals surface area (Å²) in [7, 11) is 2.08. The fourth-order valence-corrected chi connectivity index (χ4v) is 4.17. The third-order valence-corrected chi connectivity index (χ3v) is 5.43. The van der Waals surface area contributed by atoms with Crippen LogP contribution in [0.1, 0.15) is 18.7 Å². The number of nitrogens with two attached hydrogens (primary N) is 1. The number of rotatable bonds is 4. The lowest BCUT2D eigenvalue weighted by atomic mass is 10.1. The third-order valence-electron chi connectivity index (χ3n) is 3.91. The molecular formula is C14H20N4S. The van der Waals surface area contributed by atoms with Crippen LogP contribution in [0.25, 0.3) is 11.0 Å². The summed E-state index contributed by atoms with van der Waals surface area (Å²) in [6.07, 6.45) is 3.44. The van der Waals surface area contributed by atoms with Crippen molar-refractivity contribution in [2.75, 3.05) is 5.75 Å². The highest BCUT2D eigenvalue weighted by Gasteiger charge is 2.26. The first-order valence-corrected chi connectivity index (χ1v) is 7.82. The fourth-order valence-electron chi connectivity index (χ4n) is 2.79. The molecule has 2 unspecified atom stereocenters. The van der Waals surface area contributed by atoms with Gasteiger partial charge in [0, 0.05) is 24.8 Å². The number of aromatic nitrogens is 2. The molecule has 0 radical (unpaired) electrons. The van der Waals surface area contributed by atoms with Crippen LogP contribution in [0.2, 0.25) is 0 Å². The Balaban J connectivity index is 1.85. The molecular weight excluding hydrogens is 256 g/mol. The molecule has 0 aliphatic carbocycles. The zero-order valence-electron chi connectivity index (χ0n) is 11.2. The van der Waals surface area contributed by atoms with E-state index in [2.05, 4.69) is 35.2 Å². The molecule has 0 amide bonds. The number of imidazole rings is 1. The van der Waals surface area contributed by atoms with Gasteiger partial charge in [-0.3, -0.25) is 11.3 Å². The monoisotopic (exact) mass is 276 g/mol. The first kappa shape index (κ1) is 13.0. The molecule has 2 aromatic rings. The fraction of sp³-hybridized carbons (Fsp3) is 0.500. The van der Waals surface area contributed by atoms with Crippen molar-refractivity contribution in [1.82, 2.24) is 15.0 Å². The molecule has 3 rings (SSSR count). The summed E-state index contributed by atoms with van der Waals surface area (Å²) in [5.74, 6) is 8.11. The minimum atomic E-state index is 0.308. The van der Waals surface area contributed by atoms with Crippen molar-refractivity contribution in [2.24, 2.45) is 12.9 Å². The van der Waals surface area contributed by atoms with E-state index in [1.54, 1.807) is 0 Å². The summed E-state index contributed by atoms with van der Waals surface area (Å²) in [4.78, 5) is 4.73. The van der Waals surface area contributed by atoms with Crippen molar-refractivity contribution < 1.29 is 0 Å². The van der Waals surface area contributed by atoms with Gasteiger partial charge in [0.25, 0.3) is 0 Å². The Labute approximate surface area is 117 Å². The summed E-state index contributed by atoms with van der Waals surface area (Å²) in [5.41, 5.74) is 5.24. The van der Waals surface area contributed by atoms with Gasteiger partial charge in [-0.1, -0.05) is 12.1 Å². The average molecular weight is 276 g/mol. The highest BCUT2D eigenvalue weighted by Crippen LogP contribution is 2.30. The second-order valence-electron chi connectivity index (χ2n) is 5.10. The molecule has 4 nitrogen and oxygen atoms in total. The van der Waals surface area contributed by atoms with Gasteiger partial charge in [-0.05, 0) is 30.7 Å². The summed E-state index contributed by atoms with van der Waals surface area (Å²) >= 11 is 2.03. The first-order valence-electron chi connectivity index (χ1n) is 6.77. The van der Waals surface area contributed by atoms with Crippen molar-refractivity contribution in [3.8, 4) is 0 Å². The summed E-state index contributed by atoms with van der Waals surface area (Å²) in [6, 6.07) is 8.57. The van der Waals surface area contributed by atoms with Gasteiger partial charge in [0.15, 0.2) is 0 Å². The second kappa shape index (κ2) is 5.53. The molecule has 1 aromatic heterocycles. The molecule has 1 fully saturated rings. The first-order chi connectivity index (χ1) is 9.29. The zero-order valence-corrected chi connectivity index (χ0v) is 12.0. The molecule has 0 saturated carbocycles. The Morgan fingerprint density at radius 3 is 3.05 bits per heavy atom. The standard InChI is InChI=1S/C14H20N4S/c1-18-12-6-3-2-5-10(12)16-14(18)9-11(17-15)13-7-4-8-19-13/h2-3,5-6,11,13,17H,4,7-9,15H2,1H3. The van der Waals surface area contributed by atoms with Crippen LogP contribution in [0.15, 0.2) is 24.3 Å². The molecule has 102 valence electrons. The lowest BCUT2D eigenvalue weighted by molar-refractivity contribution is 0.482. The van der Waals surface area contributed by atoms with E-state index in [-0.39, 0.29) is 0 Å². The molecule has 3 N–H and O–H groups in total. The Kier molecular flexibility index (Phi) is 3.77. The van der Waals surface area contributed by atoms with Crippen LogP contribution in [-0.2, 0) is 13.5 Å². The Hall–Kier alpha value is -1.04. The molecule has 1 saturated heterocycles. The van der Waals surface area contributed by atoms with E-state index in [0.717, 1.165) is 17.8 Å². The van der Waals surface area contributed by atoms with Crippen molar-refractivity contribution in [1.29, 1.82) is 0 Å². The second-order valence-corrected chi connectivity index (χ2v) is 6.45. The van der Waals surface area contributed by atoms with Gasteiger partial charge < -0.3 is 4.57 Å². The van der Waals surface area contributed by atoms with Crippen LogP contribution < -0.4 is 11.3 Å². The summed E-state index contributed by atoms with van der Waals surface area (Å²) < 4.78 is 2.18. The highest BCUT2D eigenvalue weighted by molar-refractivity contribution is 8.00. The average Bonchev–Trinajstić information content (AvgIpc) is 3.06. The van der Waals surface area contributed by atoms with Gasteiger partial charge in [0.05, 0.1) is 11.0 Å². The van der Waals surface area contributed by atoms with E-state index in [4.69, 9.17) is 10.8 Å². The normalized spacial score (nSPS) is 21.1. The predicted molar refractivity (Wildman–Crippen MR) is 81.0 cm³/mol. The molecule has 2 atom stereocenters. The van der Waals surface area contributed by atoms with E-state index in [1.807, 2.05) is 17.8 Å². The number of para-hydroxylation sites is 2. The van der Waals surface area contributed by atoms with Crippen molar-refractivity contribution in [2.45, 2.75) is 30.6 Å².